The van der Waals surface area contributed by atoms with E-state index in [9.17, 15) is 4.39 Å². The van der Waals surface area contributed by atoms with Crippen LogP contribution in [0.4, 0.5) is 4.39 Å². The molecule has 2 aromatic carbocycles. The van der Waals surface area contributed by atoms with Crippen molar-refractivity contribution < 1.29 is 4.39 Å². The summed E-state index contributed by atoms with van der Waals surface area (Å²) in [5, 5.41) is 2.24. The molecule has 0 aliphatic carbocycles. The first-order chi connectivity index (χ1) is 12.6. The third-order valence-electron chi connectivity index (χ3n) is 4.75. The second-order valence-electron chi connectivity index (χ2n) is 6.90. The minimum atomic E-state index is -0.227. The number of nitrogens with one attached hydrogen (secondary N) is 2. The summed E-state index contributed by atoms with van der Waals surface area (Å²) in [6, 6.07) is 11.6. The number of rotatable bonds is 4. The molecular weight excluding hydrogens is 325 g/mol. The van der Waals surface area contributed by atoms with E-state index in [1.165, 1.54) is 23.1 Å². The van der Waals surface area contributed by atoms with E-state index in [4.69, 9.17) is 0 Å². The smallest absolute Gasteiger partial charge is 0.125 e. The van der Waals surface area contributed by atoms with Crippen LogP contribution in [0.1, 0.15) is 32.0 Å². The molecule has 26 heavy (non-hydrogen) atoms. The average molecular weight is 347 g/mol. The van der Waals surface area contributed by atoms with E-state index in [1.807, 2.05) is 18.5 Å². The van der Waals surface area contributed by atoms with Crippen LogP contribution in [0.2, 0.25) is 0 Å². The Hall–Kier alpha value is -2.88. The van der Waals surface area contributed by atoms with E-state index >= 15 is 0 Å². The zero-order chi connectivity index (χ0) is 18.3. The van der Waals surface area contributed by atoms with E-state index in [1.54, 1.807) is 0 Å². The number of nitrogens with zero attached hydrogens (tertiary/aromatic N) is 1. The van der Waals surface area contributed by atoms with E-state index < -0.39 is 0 Å². The fourth-order valence-electron chi connectivity index (χ4n) is 3.49. The number of aliphatic imine (C=N–C) groups is 1. The van der Waals surface area contributed by atoms with Crippen LogP contribution in [-0.2, 0) is 6.42 Å². The lowest BCUT2D eigenvalue weighted by Crippen LogP contribution is -1.93. The minimum absolute atomic E-state index is 0.227. The number of hydrogen-bond acceptors (Lipinski definition) is 1. The van der Waals surface area contributed by atoms with Gasteiger partial charge in [-0.3, -0.25) is 4.99 Å². The van der Waals surface area contributed by atoms with Gasteiger partial charge in [-0.05, 0) is 61.7 Å². The maximum atomic E-state index is 13.5. The van der Waals surface area contributed by atoms with Crippen molar-refractivity contribution in [2.24, 2.45) is 4.99 Å². The summed E-state index contributed by atoms with van der Waals surface area (Å²) in [6.45, 7) is 6.31. The molecule has 2 N–H and O–H groups in total. The van der Waals surface area contributed by atoms with Gasteiger partial charge in [0.25, 0.3) is 0 Å². The Morgan fingerprint density at radius 1 is 1.08 bits per heavy atom. The molecule has 0 fully saturated rings. The van der Waals surface area contributed by atoms with Crippen molar-refractivity contribution in [3.05, 3.63) is 59.7 Å². The summed E-state index contributed by atoms with van der Waals surface area (Å²) in [4.78, 5) is 11.2. The Balaban J connectivity index is 1.86. The SMILES string of the molecule is CCc1c(C=NC(C)C)[nH]c2ccc(-c3c[nH]c4cc(F)ccc34)cc12. The molecule has 4 rings (SSSR count). The first kappa shape index (κ1) is 16.6. The summed E-state index contributed by atoms with van der Waals surface area (Å²) in [5.74, 6) is -0.227. The van der Waals surface area contributed by atoms with Gasteiger partial charge in [0, 0.05) is 45.8 Å². The minimum Gasteiger partial charge on any atom is -0.360 e. The molecule has 0 spiro atoms. The van der Waals surface area contributed by atoms with Gasteiger partial charge in [0.15, 0.2) is 0 Å². The largest absolute Gasteiger partial charge is 0.360 e. The Morgan fingerprint density at radius 3 is 2.69 bits per heavy atom. The maximum Gasteiger partial charge on any atom is 0.125 e. The van der Waals surface area contributed by atoms with Crippen LogP contribution in [0.3, 0.4) is 0 Å². The van der Waals surface area contributed by atoms with E-state index in [2.05, 4.69) is 53.9 Å². The Labute approximate surface area is 152 Å². The second kappa shape index (κ2) is 6.45. The predicted molar refractivity (Wildman–Crippen MR) is 108 cm³/mol. The van der Waals surface area contributed by atoms with Crippen LogP contribution in [0.5, 0.6) is 0 Å². The van der Waals surface area contributed by atoms with Crippen LogP contribution in [0, 0.1) is 5.82 Å². The van der Waals surface area contributed by atoms with Crippen molar-refractivity contribution in [3.8, 4) is 11.1 Å². The van der Waals surface area contributed by atoms with Gasteiger partial charge in [0.1, 0.15) is 5.82 Å². The second-order valence-corrected chi connectivity index (χ2v) is 6.90. The zero-order valence-corrected chi connectivity index (χ0v) is 15.2. The predicted octanol–water partition coefficient (Wildman–Crippen LogP) is 5.85. The van der Waals surface area contributed by atoms with Gasteiger partial charge in [-0.2, -0.15) is 0 Å². The number of H-pyrrole nitrogens is 2. The summed E-state index contributed by atoms with van der Waals surface area (Å²) in [5.41, 5.74) is 6.49. The van der Waals surface area contributed by atoms with Crippen LogP contribution in [0.15, 0.2) is 47.6 Å². The van der Waals surface area contributed by atoms with Gasteiger partial charge in [-0.1, -0.05) is 13.0 Å². The molecular formula is C22H22FN3. The molecule has 2 aromatic heterocycles. The standard InChI is InChI=1S/C22H22FN3/c1-4-16-18-9-14(5-8-20(18)26-22(16)12-24-13(2)3)19-11-25-21-10-15(23)6-7-17(19)21/h5-13,25-26H,4H2,1-3H3. The molecule has 0 radical (unpaired) electrons. The molecule has 0 amide bonds. The van der Waals surface area contributed by atoms with Crippen molar-refractivity contribution in [1.82, 2.24) is 9.97 Å². The molecule has 0 saturated carbocycles. The Morgan fingerprint density at radius 2 is 1.92 bits per heavy atom. The van der Waals surface area contributed by atoms with E-state index in [0.29, 0.717) is 0 Å². The number of aromatic nitrogens is 2. The molecule has 0 aliphatic heterocycles. The molecule has 132 valence electrons. The van der Waals surface area contributed by atoms with Gasteiger partial charge >= 0.3 is 0 Å². The number of benzene rings is 2. The lowest BCUT2D eigenvalue weighted by molar-refractivity contribution is 0.629. The monoisotopic (exact) mass is 347 g/mol. The molecule has 0 aliphatic rings. The van der Waals surface area contributed by atoms with Gasteiger partial charge < -0.3 is 9.97 Å². The highest BCUT2D eigenvalue weighted by Crippen LogP contribution is 2.33. The number of fused-ring (bicyclic) bond motifs is 2. The van der Waals surface area contributed by atoms with Crippen molar-refractivity contribution in [3.63, 3.8) is 0 Å². The Bertz CT molecular complexity index is 1120. The summed E-state index contributed by atoms with van der Waals surface area (Å²) in [7, 11) is 0. The van der Waals surface area contributed by atoms with Gasteiger partial charge in [0.2, 0.25) is 0 Å². The van der Waals surface area contributed by atoms with Crippen molar-refractivity contribution in [1.29, 1.82) is 0 Å². The summed E-state index contributed by atoms with van der Waals surface area (Å²) >= 11 is 0. The maximum absolute atomic E-state index is 13.5. The number of halogens is 1. The van der Waals surface area contributed by atoms with Gasteiger partial charge in [-0.15, -0.1) is 0 Å². The highest BCUT2D eigenvalue weighted by molar-refractivity contribution is 6.00. The molecule has 0 unspecified atom stereocenters. The first-order valence-electron chi connectivity index (χ1n) is 9.01. The lowest BCUT2D eigenvalue weighted by atomic mass is 10.0. The van der Waals surface area contributed by atoms with Crippen LogP contribution < -0.4 is 0 Å². The van der Waals surface area contributed by atoms with Crippen LogP contribution in [-0.4, -0.2) is 22.2 Å². The van der Waals surface area contributed by atoms with Crippen molar-refractivity contribution in [2.75, 3.05) is 0 Å². The molecule has 2 heterocycles. The molecule has 3 nitrogen and oxygen atoms in total. The van der Waals surface area contributed by atoms with E-state index in [0.717, 1.165) is 39.7 Å². The number of aromatic amines is 2. The first-order valence-corrected chi connectivity index (χ1v) is 9.01. The van der Waals surface area contributed by atoms with Crippen molar-refractivity contribution in [2.45, 2.75) is 33.2 Å². The lowest BCUT2D eigenvalue weighted by Gasteiger charge is -2.02. The van der Waals surface area contributed by atoms with E-state index in [-0.39, 0.29) is 11.9 Å². The quantitative estimate of drug-likeness (QED) is 0.435. The topological polar surface area (TPSA) is 43.9 Å². The normalized spacial score (nSPS) is 12.2. The Kier molecular flexibility index (Phi) is 4.11. The third-order valence-corrected chi connectivity index (χ3v) is 4.75. The van der Waals surface area contributed by atoms with Gasteiger partial charge in [-0.25, -0.2) is 4.39 Å². The van der Waals surface area contributed by atoms with Crippen molar-refractivity contribution >= 4 is 28.0 Å². The fourth-order valence-corrected chi connectivity index (χ4v) is 3.49. The molecule has 0 atom stereocenters. The zero-order valence-electron chi connectivity index (χ0n) is 15.2. The molecule has 4 heteroatoms. The molecule has 4 aromatic rings. The van der Waals surface area contributed by atoms with Crippen LogP contribution >= 0.6 is 0 Å². The third kappa shape index (κ3) is 2.81. The van der Waals surface area contributed by atoms with Gasteiger partial charge in [0.05, 0.1) is 5.69 Å². The summed E-state index contributed by atoms with van der Waals surface area (Å²) < 4.78 is 13.5. The average Bonchev–Trinajstić information content (AvgIpc) is 3.19. The number of hydrogen-bond donors (Lipinski definition) is 2. The highest BCUT2D eigenvalue weighted by atomic mass is 19.1. The number of aryl methyl sites for hydroxylation is 1. The van der Waals surface area contributed by atoms with Crippen LogP contribution in [0.25, 0.3) is 32.9 Å². The highest BCUT2D eigenvalue weighted by Gasteiger charge is 2.12. The summed E-state index contributed by atoms with van der Waals surface area (Å²) in [6.07, 6.45) is 4.82. The molecule has 0 saturated heterocycles. The fraction of sp³-hybridized carbons (Fsp3) is 0.227. The molecule has 0 bridgehead atoms.